The molecule has 0 aromatic heterocycles. The SMILES string of the molecule is COCCOCCC(=O)NCCc1ccccc1Br. The molecule has 0 atom stereocenters. The van der Waals surface area contributed by atoms with Crippen LogP contribution in [-0.4, -0.2) is 39.4 Å². The summed E-state index contributed by atoms with van der Waals surface area (Å²) in [7, 11) is 1.62. The van der Waals surface area contributed by atoms with E-state index in [4.69, 9.17) is 9.47 Å². The van der Waals surface area contributed by atoms with Crippen LogP contribution in [0.2, 0.25) is 0 Å². The van der Waals surface area contributed by atoms with Gasteiger partial charge in [-0.2, -0.15) is 0 Å². The topological polar surface area (TPSA) is 47.6 Å². The highest BCUT2D eigenvalue weighted by molar-refractivity contribution is 9.10. The van der Waals surface area contributed by atoms with Gasteiger partial charge < -0.3 is 14.8 Å². The van der Waals surface area contributed by atoms with E-state index in [0.717, 1.165) is 10.9 Å². The van der Waals surface area contributed by atoms with Gasteiger partial charge in [0.2, 0.25) is 5.91 Å². The van der Waals surface area contributed by atoms with E-state index < -0.39 is 0 Å². The lowest BCUT2D eigenvalue weighted by molar-refractivity contribution is -0.122. The van der Waals surface area contributed by atoms with Gasteiger partial charge >= 0.3 is 0 Å². The Bertz CT molecular complexity index is 385. The Kier molecular flexibility index (Phi) is 8.45. The molecule has 0 saturated carbocycles. The second kappa shape index (κ2) is 9.95. The van der Waals surface area contributed by atoms with Crippen molar-refractivity contribution in [2.75, 3.05) is 33.5 Å². The van der Waals surface area contributed by atoms with E-state index in [-0.39, 0.29) is 5.91 Å². The van der Waals surface area contributed by atoms with E-state index in [9.17, 15) is 4.79 Å². The Balaban J connectivity index is 2.09. The highest BCUT2D eigenvalue weighted by Gasteiger charge is 2.02. The minimum atomic E-state index is 0.0180. The number of benzene rings is 1. The minimum Gasteiger partial charge on any atom is -0.382 e. The molecule has 1 amide bonds. The molecule has 0 spiro atoms. The van der Waals surface area contributed by atoms with E-state index in [1.807, 2.05) is 24.3 Å². The summed E-state index contributed by atoms with van der Waals surface area (Å²) >= 11 is 3.48. The van der Waals surface area contributed by atoms with Crippen molar-refractivity contribution in [3.63, 3.8) is 0 Å². The normalized spacial score (nSPS) is 10.4. The van der Waals surface area contributed by atoms with Gasteiger partial charge in [0.1, 0.15) is 0 Å². The van der Waals surface area contributed by atoms with Crippen LogP contribution in [0.3, 0.4) is 0 Å². The van der Waals surface area contributed by atoms with E-state index in [2.05, 4.69) is 21.2 Å². The molecule has 0 fully saturated rings. The Labute approximate surface area is 122 Å². The van der Waals surface area contributed by atoms with Gasteiger partial charge in [-0.25, -0.2) is 0 Å². The second-order valence-electron chi connectivity index (χ2n) is 4.05. The molecule has 0 aliphatic heterocycles. The number of rotatable bonds is 9. The Hall–Kier alpha value is -0.910. The molecule has 0 unspecified atom stereocenters. The van der Waals surface area contributed by atoms with Crippen LogP contribution in [0.5, 0.6) is 0 Å². The number of carbonyl (C=O) groups is 1. The maximum Gasteiger partial charge on any atom is 0.222 e. The first-order chi connectivity index (χ1) is 9.24. The molecule has 0 bridgehead atoms. The summed E-state index contributed by atoms with van der Waals surface area (Å²) < 4.78 is 11.2. The van der Waals surface area contributed by atoms with Crippen LogP contribution >= 0.6 is 15.9 Å². The van der Waals surface area contributed by atoms with Gasteiger partial charge in [-0.3, -0.25) is 4.79 Å². The molecule has 1 aromatic rings. The first-order valence-corrected chi connectivity index (χ1v) is 7.10. The van der Waals surface area contributed by atoms with Gasteiger partial charge in [0.05, 0.1) is 19.8 Å². The Morgan fingerprint density at radius 1 is 1.26 bits per heavy atom. The summed E-state index contributed by atoms with van der Waals surface area (Å²) in [5.74, 6) is 0.0180. The van der Waals surface area contributed by atoms with Crippen LogP contribution in [0.15, 0.2) is 28.7 Å². The van der Waals surface area contributed by atoms with Gasteiger partial charge in [-0.05, 0) is 18.1 Å². The fourth-order valence-corrected chi connectivity index (χ4v) is 2.02. The Morgan fingerprint density at radius 2 is 2.05 bits per heavy atom. The van der Waals surface area contributed by atoms with Crippen molar-refractivity contribution in [1.82, 2.24) is 5.32 Å². The van der Waals surface area contributed by atoms with Crippen LogP contribution in [0, 0.1) is 0 Å². The van der Waals surface area contributed by atoms with Crippen molar-refractivity contribution in [2.45, 2.75) is 12.8 Å². The molecule has 0 aliphatic rings. The van der Waals surface area contributed by atoms with Crippen LogP contribution < -0.4 is 5.32 Å². The maximum atomic E-state index is 11.5. The number of hydrogen-bond donors (Lipinski definition) is 1. The summed E-state index contributed by atoms with van der Waals surface area (Å²) in [5, 5.41) is 2.88. The lowest BCUT2D eigenvalue weighted by Gasteiger charge is -2.07. The van der Waals surface area contributed by atoms with E-state index >= 15 is 0 Å². The van der Waals surface area contributed by atoms with Gasteiger partial charge in [0.25, 0.3) is 0 Å². The van der Waals surface area contributed by atoms with Crippen LogP contribution in [-0.2, 0) is 20.7 Å². The first-order valence-electron chi connectivity index (χ1n) is 6.31. The monoisotopic (exact) mass is 329 g/mol. The average molecular weight is 330 g/mol. The van der Waals surface area contributed by atoms with Crippen LogP contribution in [0.1, 0.15) is 12.0 Å². The molecular weight excluding hydrogens is 310 g/mol. The lowest BCUT2D eigenvalue weighted by atomic mass is 10.1. The number of methoxy groups -OCH3 is 1. The first kappa shape index (κ1) is 16.1. The molecule has 1 aromatic carbocycles. The zero-order chi connectivity index (χ0) is 13.9. The average Bonchev–Trinajstić information content (AvgIpc) is 2.41. The minimum absolute atomic E-state index is 0.0180. The maximum absolute atomic E-state index is 11.5. The number of nitrogens with one attached hydrogen (secondary N) is 1. The van der Waals surface area contributed by atoms with Crippen molar-refractivity contribution in [1.29, 1.82) is 0 Å². The molecule has 0 heterocycles. The zero-order valence-corrected chi connectivity index (χ0v) is 12.7. The third-order valence-electron chi connectivity index (χ3n) is 2.58. The third-order valence-corrected chi connectivity index (χ3v) is 3.35. The van der Waals surface area contributed by atoms with Crippen LogP contribution in [0.4, 0.5) is 0 Å². The smallest absolute Gasteiger partial charge is 0.222 e. The van der Waals surface area contributed by atoms with Gasteiger partial charge in [0, 0.05) is 24.5 Å². The molecule has 4 nitrogen and oxygen atoms in total. The molecule has 106 valence electrons. The zero-order valence-electron chi connectivity index (χ0n) is 11.2. The van der Waals surface area contributed by atoms with E-state index in [1.165, 1.54) is 5.56 Å². The Morgan fingerprint density at radius 3 is 2.79 bits per heavy atom. The van der Waals surface area contributed by atoms with Crippen molar-refractivity contribution in [2.24, 2.45) is 0 Å². The predicted molar refractivity (Wildman–Crippen MR) is 78.2 cm³/mol. The lowest BCUT2D eigenvalue weighted by Crippen LogP contribution is -2.26. The number of hydrogen-bond acceptors (Lipinski definition) is 3. The molecule has 0 radical (unpaired) electrons. The fourth-order valence-electron chi connectivity index (χ4n) is 1.54. The van der Waals surface area contributed by atoms with Crippen molar-refractivity contribution in [3.8, 4) is 0 Å². The fraction of sp³-hybridized carbons (Fsp3) is 0.500. The molecular formula is C14H20BrNO3. The quantitative estimate of drug-likeness (QED) is 0.706. The molecule has 1 rings (SSSR count). The summed E-state index contributed by atoms with van der Waals surface area (Å²) in [6, 6.07) is 8.01. The summed E-state index contributed by atoms with van der Waals surface area (Å²) in [5.41, 5.74) is 1.19. The largest absolute Gasteiger partial charge is 0.382 e. The summed E-state index contributed by atoms with van der Waals surface area (Å²) in [6.07, 6.45) is 1.21. The van der Waals surface area contributed by atoms with Crippen molar-refractivity contribution in [3.05, 3.63) is 34.3 Å². The second-order valence-corrected chi connectivity index (χ2v) is 4.90. The summed E-state index contributed by atoms with van der Waals surface area (Å²) in [6.45, 7) is 2.16. The van der Waals surface area contributed by atoms with Gasteiger partial charge in [-0.15, -0.1) is 0 Å². The number of amides is 1. The molecule has 19 heavy (non-hydrogen) atoms. The standard InChI is InChI=1S/C14H20BrNO3/c1-18-10-11-19-9-7-14(17)16-8-6-12-4-2-3-5-13(12)15/h2-5H,6-11H2,1H3,(H,16,17). The molecule has 0 aliphatic carbocycles. The summed E-state index contributed by atoms with van der Waals surface area (Å²) in [4.78, 5) is 11.5. The number of ether oxygens (including phenoxy) is 2. The predicted octanol–water partition coefficient (Wildman–Crippen LogP) is 2.16. The van der Waals surface area contributed by atoms with Gasteiger partial charge in [-0.1, -0.05) is 34.1 Å². The number of halogens is 1. The van der Waals surface area contributed by atoms with E-state index in [1.54, 1.807) is 7.11 Å². The third kappa shape index (κ3) is 7.30. The van der Waals surface area contributed by atoms with Gasteiger partial charge in [0.15, 0.2) is 0 Å². The molecule has 1 N–H and O–H groups in total. The van der Waals surface area contributed by atoms with Crippen LogP contribution in [0.25, 0.3) is 0 Å². The highest BCUT2D eigenvalue weighted by Crippen LogP contribution is 2.15. The number of carbonyl (C=O) groups excluding carboxylic acids is 1. The van der Waals surface area contributed by atoms with E-state index in [0.29, 0.717) is 32.8 Å². The molecule has 5 heteroatoms. The highest BCUT2D eigenvalue weighted by atomic mass is 79.9. The van der Waals surface area contributed by atoms with Crippen molar-refractivity contribution < 1.29 is 14.3 Å². The molecule has 0 saturated heterocycles. The van der Waals surface area contributed by atoms with Crippen molar-refractivity contribution >= 4 is 21.8 Å².